The van der Waals surface area contributed by atoms with Crippen molar-refractivity contribution in [3.8, 4) is 0 Å². The second-order valence-electron chi connectivity index (χ2n) is 6.56. The topological polar surface area (TPSA) is 73.0 Å². The Morgan fingerprint density at radius 3 is 2.54 bits per heavy atom. The lowest BCUT2D eigenvalue weighted by molar-refractivity contribution is 0.0428. The molecule has 1 atom stereocenters. The van der Waals surface area contributed by atoms with E-state index in [9.17, 15) is 5.11 Å². The van der Waals surface area contributed by atoms with Crippen molar-refractivity contribution in [3.63, 3.8) is 0 Å². The number of para-hydroxylation sites is 1. The minimum absolute atomic E-state index is 0.212. The third-order valence-corrected chi connectivity index (χ3v) is 4.10. The van der Waals surface area contributed by atoms with Crippen molar-refractivity contribution >= 4 is 11.6 Å². The average molecular weight is 358 g/mol. The summed E-state index contributed by atoms with van der Waals surface area (Å²) in [6.45, 7) is 8.12. The van der Waals surface area contributed by atoms with Crippen LogP contribution in [0, 0.1) is 6.92 Å². The summed E-state index contributed by atoms with van der Waals surface area (Å²) in [6.07, 6.45) is 0. The molecule has 0 spiro atoms. The number of nitrogens with one attached hydrogen (secondary N) is 2. The second kappa shape index (κ2) is 9.29. The standard InChI is InChI=1S/C20H30N4O2/c1-5-21-19(22-13-14-24(4)17-9-7-6-8-10-17)23-15-20(3,25)18-12-11-16(2)26-18/h6-12,25H,5,13-15H2,1-4H3,(H2,21,22,23). The number of hydrogen-bond donors (Lipinski definition) is 3. The minimum atomic E-state index is -1.14. The van der Waals surface area contributed by atoms with Gasteiger partial charge in [0.15, 0.2) is 5.96 Å². The Hall–Kier alpha value is -2.47. The van der Waals surface area contributed by atoms with Crippen LogP contribution in [-0.4, -0.2) is 44.3 Å². The smallest absolute Gasteiger partial charge is 0.191 e. The van der Waals surface area contributed by atoms with Gasteiger partial charge in [-0.3, -0.25) is 0 Å². The van der Waals surface area contributed by atoms with Crippen LogP contribution >= 0.6 is 0 Å². The van der Waals surface area contributed by atoms with Crippen LogP contribution in [-0.2, 0) is 5.60 Å². The molecule has 0 amide bonds. The molecule has 142 valence electrons. The lowest BCUT2D eigenvalue weighted by atomic mass is 10.0. The van der Waals surface area contributed by atoms with Crippen molar-refractivity contribution in [2.75, 3.05) is 38.1 Å². The van der Waals surface area contributed by atoms with Gasteiger partial charge in [-0.15, -0.1) is 0 Å². The molecular formula is C20H30N4O2. The number of hydrogen-bond acceptors (Lipinski definition) is 4. The molecular weight excluding hydrogens is 328 g/mol. The highest BCUT2D eigenvalue weighted by molar-refractivity contribution is 5.79. The van der Waals surface area contributed by atoms with Gasteiger partial charge in [0.05, 0.1) is 6.54 Å². The van der Waals surface area contributed by atoms with Crippen LogP contribution in [0.3, 0.4) is 0 Å². The molecule has 0 aliphatic carbocycles. The lowest BCUT2D eigenvalue weighted by Crippen LogP contribution is -2.42. The van der Waals surface area contributed by atoms with E-state index in [0.717, 1.165) is 25.4 Å². The summed E-state index contributed by atoms with van der Waals surface area (Å²) in [7, 11) is 2.06. The fraction of sp³-hybridized carbons (Fsp3) is 0.450. The molecule has 0 aliphatic heterocycles. The van der Waals surface area contributed by atoms with Gasteiger partial charge < -0.3 is 25.1 Å². The third-order valence-electron chi connectivity index (χ3n) is 4.10. The van der Waals surface area contributed by atoms with E-state index in [2.05, 4.69) is 39.7 Å². The molecule has 0 aliphatic rings. The van der Waals surface area contributed by atoms with Crippen molar-refractivity contribution in [2.45, 2.75) is 26.4 Å². The number of benzene rings is 1. The summed E-state index contributed by atoms with van der Waals surface area (Å²) in [4.78, 5) is 6.69. The van der Waals surface area contributed by atoms with Gasteiger partial charge in [0.25, 0.3) is 0 Å². The van der Waals surface area contributed by atoms with Gasteiger partial charge in [-0.1, -0.05) is 18.2 Å². The molecule has 2 aromatic rings. The number of guanidine groups is 1. The number of nitrogens with zero attached hydrogens (tertiary/aromatic N) is 2. The first-order valence-electron chi connectivity index (χ1n) is 9.00. The Bertz CT molecular complexity index is 695. The Labute approximate surface area is 155 Å². The number of aliphatic imine (C=N–C) groups is 1. The first kappa shape index (κ1) is 19.8. The molecule has 1 unspecified atom stereocenters. The van der Waals surface area contributed by atoms with Crippen LogP contribution in [0.4, 0.5) is 5.69 Å². The van der Waals surface area contributed by atoms with Gasteiger partial charge in [-0.2, -0.15) is 0 Å². The highest BCUT2D eigenvalue weighted by Crippen LogP contribution is 2.23. The Morgan fingerprint density at radius 1 is 1.19 bits per heavy atom. The normalized spacial score (nSPS) is 14.0. The second-order valence-corrected chi connectivity index (χ2v) is 6.56. The average Bonchev–Trinajstić information content (AvgIpc) is 3.08. The van der Waals surface area contributed by atoms with Crippen molar-refractivity contribution in [1.29, 1.82) is 0 Å². The van der Waals surface area contributed by atoms with E-state index in [1.54, 1.807) is 13.0 Å². The van der Waals surface area contributed by atoms with E-state index in [-0.39, 0.29) is 6.54 Å². The monoisotopic (exact) mass is 358 g/mol. The van der Waals surface area contributed by atoms with Crippen molar-refractivity contribution in [1.82, 2.24) is 10.6 Å². The molecule has 6 nitrogen and oxygen atoms in total. The zero-order chi connectivity index (χ0) is 19.0. The molecule has 0 saturated carbocycles. The summed E-state index contributed by atoms with van der Waals surface area (Å²) < 4.78 is 5.54. The Morgan fingerprint density at radius 2 is 1.92 bits per heavy atom. The number of aryl methyl sites for hydroxylation is 1. The fourth-order valence-corrected chi connectivity index (χ4v) is 2.53. The van der Waals surface area contributed by atoms with E-state index in [1.807, 2.05) is 38.1 Å². The van der Waals surface area contributed by atoms with Gasteiger partial charge in [0, 0.05) is 32.4 Å². The van der Waals surface area contributed by atoms with Crippen LogP contribution in [0.5, 0.6) is 0 Å². The quantitative estimate of drug-likeness (QED) is 0.499. The maximum atomic E-state index is 10.6. The van der Waals surface area contributed by atoms with Gasteiger partial charge in [-0.05, 0) is 45.0 Å². The van der Waals surface area contributed by atoms with Crippen LogP contribution in [0.15, 0.2) is 51.9 Å². The molecule has 0 fully saturated rings. The van der Waals surface area contributed by atoms with Gasteiger partial charge in [-0.25, -0.2) is 4.99 Å². The molecule has 3 N–H and O–H groups in total. The van der Waals surface area contributed by atoms with Crippen LogP contribution in [0.25, 0.3) is 0 Å². The number of furan rings is 1. The molecule has 1 aromatic carbocycles. The Kier molecular flexibility index (Phi) is 7.09. The molecule has 0 radical (unpaired) electrons. The van der Waals surface area contributed by atoms with E-state index < -0.39 is 5.60 Å². The molecule has 26 heavy (non-hydrogen) atoms. The number of anilines is 1. The summed E-state index contributed by atoms with van der Waals surface area (Å²) in [5, 5.41) is 17.1. The SMILES string of the molecule is CCNC(=NCC(C)(O)c1ccc(C)o1)NCCN(C)c1ccccc1. The zero-order valence-corrected chi connectivity index (χ0v) is 16.1. The van der Waals surface area contributed by atoms with Gasteiger partial charge >= 0.3 is 0 Å². The minimum Gasteiger partial charge on any atom is -0.463 e. The summed E-state index contributed by atoms with van der Waals surface area (Å²) in [5.41, 5.74) is 0.0321. The molecule has 0 bridgehead atoms. The predicted octanol–water partition coefficient (Wildman–Crippen LogP) is 2.49. The zero-order valence-electron chi connectivity index (χ0n) is 16.1. The highest BCUT2D eigenvalue weighted by Gasteiger charge is 2.26. The largest absolute Gasteiger partial charge is 0.463 e. The summed E-state index contributed by atoms with van der Waals surface area (Å²) >= 11 is 0. The van der Waals surface area contributed by atoms with Gasteiger partial charge in [0.1, 0.15) is 17.1 Å². The van der Waals surface area contributed by atoms with Crippen LogP contribution in [0.2, 0.25) is 0 Å². The van der Waals surface area contributed by atoms with E-state index in [1.165, 1.54) is 5.69 Å². The van der Waals surface area contributed by atoms with Crippen molar-refractivity contribution in [3.05, 3.63) is 54.0 Å². The lowest BCUT2D eigenvalue weighted by Gasteiger charge is -2.22. The number of aliphatic hydroxyl groups is 1. The van der Waals surface area contributed by atoms with Crippen LogP contribution in [0.1, 0.15) is 25.4 Å². The first-order chi connectivity index (χ1) is 12.4. The van der Waals surface area contributed by atoms with E-state index >= 15 is 0 Å². The molecule has 1 heterocycles. The fourth-order valence-electron chi connectivity index (χ4n) is 2.53. The summed E-state index contributed by atoms with van der Waals surface area (Å²) in [6, 6.07) is 13.9. The highest BCUT2D eigenvalue weighted by atomic mass is 16.4. The molecule has 1 aromatic heterocycles. The van der Waals surface area contributed by atoms with Crippen molar-refractivity contribution in [2.24, 2.45) is 4.99 Å². The van der Waals surface area contributed by atoms with Crippen LogP contribution < -0.4 is 15.5 Å². The van der Waals surface area contributed by atoms with Gasteiger partial charge in [0.2, 0.25) is 0 Å². The molecule has 0 saturated heterocycles. The third kappa shape index (κ3) is 5.81. The van der Waals surface area contributed by atoms with E-state index in [0.29, 0.717) is 11.7 Å². The maximum absolute atomic E-state index is 10.6. The molecule has 6 heteroatoms. The summed E-state index contributed by atoms with van der Waals surface area (Å²) in [5.74, 6) is 1.98. The predicted molar refractivity (Wildman–Crippen MR) is 107 cm³/mol. The van der Waals surface area contributed by atoms with E-state index in [4.69, 9.17) is 4.42 Å². The first-order valence-corrected chi connectivity index (χ1v) is 9.00. The number of rotatable bonds is 8. The molecule has 2 rings (SSSR count). The Balaban J connectivity index is 1.90. The maximum Gasteiger partial charge on any atom is 0.191 e. The van der Waals surface area contributed by atoms with Crippen molar-refractivity contribution < 1.29 is 9.52 Å². The number of likely N-dealkylation sites (N-methyl/N-ethyl adjacent to an activating group) is 1.